The van der Waals surface area contributed by atoms with Crippen LogP contribution in [0.4, 0.5) is 4.39 Å². The van der Waals surface area contributed by atoms with Crippen LogP contribution in [0.3, 0.4) is 0 Å². The van der Waals surface area contributed by atoms with Crippen molar-refractivity contribution in [3.05, 3.63) is 113 Å². The lowest BCUT2D eigenvalue weighted by Gasteiger charge is -2.16. The number of halogens is 1. The van der Waals surface area contributed by atoms with Gasteiger partial charge in [-0.2, -0.15) is 0 Å². The summed E-state index contributed by atoms with van der Waals surface area (Å²) in [5.74, 6) is -0.0729. The molecule has 204 valence electrons. The molecule has 1 unspecified atom stereocenters. The van der Waals surface area contributed by atoms with Crippen molar-refractivity contribution in [3.8, 4) is 17.1 Å². The van der Waals surface area contributed by atoms with Gasteiger partial charge in [-0.15, -0.1) is 0 Å². The maximum atomic E-state index is 14.2. The van der Waals surface area contributed by atoms with E-state index in [-0.39, 0.29) is 23.9 Å². The van der Waals surface area contributed by atoms with Gasteiger partial charge in [0.2, 0.25) is 5.88 Å². The molecule has 0 aliphatic rings. The molecule has 0 saturated heterocycles. The molecular formula is C32H30FN3O4. The SMILES string of the molecule is COCCn1c(C(C)c2ccc(-c3cccc(OCc4ccc(C)cc4F)n3)cc2)nc2ccc(C(=O)O)cc21. The average Bonchev–Trinajstić information content (AvgIpc) is 3.33. The predicted molar refractivity (Wildman–Crippen MR) is 151 cm³/mol. The molecule has 1 N–H and O–H groups in total. The van der Waals surface area contributed by atoms with E-state index in [1.54, 1.807) is 37.4 Å². The van der Waals surface area contributed by atoms with Gasteiger partial charge >= 0.3 is 5.97 Å². The summed E-state index contributed by atoms with van der Waals surface area (Å²) in [6, 6.07) is 23.7. The molecule has 0 aliphatic heterocycles. The first kappa shape index (κ1) is 27.0. The summed E-state index contributed by atoms with van der Waals surface area (Å²) in [7, 11) is 1.64. The van der Waals surface area contributed by atoms with Gasteiger partial charge < -0.3 is 19.1 Å². The first-order valence-corrected chi connectivity index (χ1v) is 13.0. The Morgan fingerprint density at radius 3 is 2.55 bits per heavy atom. The largest absolute Gasteiger partial charge is 0.478 e. The molecule has 0 amide bonds. The standard InChI is InChI=1S/C32H30FN3O4/c1-20-7-8-25(26(33)17-20)19-40-30-6-4-5-27(34-30)23-11-9-22(10-12-23)21(2)31-35-28-14-13-24(32(37)38)18-29(28)36(31)15-16-39-3/h4-14,17-18,21H,15-16,19H2,1-3H3,(H,37,38). The lowest BCUT2D eigenvalue weighted by molar-refractivity contribution is 0.0697. The van der Waals surface area contributed by atoms with Crippen LogP contribution >= 0.6 is 0 Å². The summed E-state index contributed by atoms with van der Waals surface area (Å²) in [6.07, 6.45) is 0. The van der Waals surface area contributed by atoms with Gasteiger partial charge in [0.15, 0.2) is 0 Å². The Bertz CT molecular complexity index is 1660. The summed E-state index contributed by atoms with van der Waals surface area (Å²) in [5.41, 5.74) is 5.78. The first-order valence-electron chi connectivity index (χ1n) is 13.0. The van der Waals surface area contributed by atoms with Crippen molar-refractivity contribution in [3.63, 3.8) is 0 Å². The first-order chi connectivity index (χ1) is 19.3. The van der Waals surface area contributed by atoms with Gasteiger partial charge in [-0.25, -0.2) is 19.2 Å². The molecule has 2 heterocycles. The number of hydrogen-bond acceptors (Lipinski definition) is 5. The molecule has 3 aromatic carbocycles. The Kier molecular flexibility index (Phi) is 7.89. The van der Waals surface area contributed by atoms with Crippen molar-refractivity contribution in [1.29, 1.82) is 0 Å². The number of methoxy groups -OCH3 is 1. The second kappa shape index (κ2) is 11.7. The molecule has 8 heteroatoms. The number of imidazole rings is 1. The molecule has 40 heavy (non-hydrogen) atoms. The topological polar surface area (TPSA) is 86.5 Å². The molecule has 0 radical (unpaired) electrons. The number of nitrogens with zero attached hydrogens (tertiary/aromatic N) is 3. The minimum atomic E-state index is -0.975. The average molecular weight is 540 g/mol. The number of carboxylic acid groups (broad SMARTS) is 1. The van der Waals surface area contributed by atoms with Gasteiger partial charge in [0, 0.05) is 36.8 Å². The summed E-state index contributed by atoms with van der Waals surface area (Å²) < 4.78 is 27.3. The van der Waals surface area contributed by atoms with E-state index in [2.05, 4.69) is 11.9 Å². The Labute approximate surface area is 231 Å². The van der Waals surface area contributed by atoms with Gasteiger partial charge in [0.25, 0.3) is 0 Å². The highest BCUT2D eigenvalue weighted by molar-refractivity contribution is 5.92. The Morgan fingerprint density at radius 2 is 1.82 bits per heavy atom. The van der Waals surface area contributed by atoms with Gasteiger partial charge in [-0.3, -0.25) is 0 Å². The van der Waals surface area contributed by atoms with Crippen LogP contribution in [-0.2, 0) is 17.9 Å². The minimum absolute atomic E-state index is 0.0568. The molecule has 0 aliphatic carbocycles. The molecule has 5 aromatic rings. The molecule has 0 fully saturated rings. The van der Waals surface area contributed by atoms with Crippen LogP contribution in [0.1, 0.15) is 45.7 Å². The van der Waals surface area contributed by atoms with Crippen molar-refractivity contribution in [2.24, 2.45) is 0 Å². The van der Waals surface area contributed by atoms with E-state index in [1.807, 2.05) is 54.0 Å². The highest BCUT2D eigenvalue weighted by Gasteiger charge is 2.20. The van der Waals surface area contributed by atoms with Crippen LogP contribution < -0.4 is 4.74 Å². The van der Waals surface area contributed by atoms with E-state index >= 15 is 0 Å². The van der Waals surface area contributed by atoms with Crippen molar-refractivity contribution < 1.29 is 23.8 Å². The predicted octanol–water partition coefficient (Wildman–Crippen LogP) is 6.62. The fourth-order valence-corrected chi connectivity index (χ4v) is 4.69. The van der Waals surface area contributed by atoms with Crippen LogP contribution in [0.2, 0.25) is 0 Å². The normalized spacial score (nSPS) is 12.0. The number of rotatable bonds is 10. The lowest BCUT2D eigenvalue weighted by atomic mass is 9.98. The van der Waals surface area contributed by atoms with Crippen LogP contribution in [0, 0.1) is 12.7 Å². The third kappa shape index (κ3) is 5.72. The van der Waals surface area contributed by atoms with Crippen molar-refractivity contribution in [2.75, 3.05) is 13.7 Å². The minimum Gasteiger partial charge on any atom is -0.478 e. The number of fused-ring (bicyclic) bond motifs is 1. The zero-order valence-corrected chi connectivity index (χ0v) is 22.6. The third-order valence-corrected chi connectivity index (χ3v) is 6.95. The number of pyridine rings is 1. The number of benzene rings is 3. The molecule has 2 aromatic heterocycles. The zero-order chi connectivity index (χ0) is 28.2. The number of hydrogen-bond donors (Lipinski definition) is 1. The van der Waals surface area contributed by atoms with Crippen molar-refractivity contribution in [1.82, 2.24) is 14.5 Å². The summed E-state index contributed by atoms with van der Waals surface area (Å²) >= 11 is 0. The quantitative estimate of drug-likeness (QED) is 0.215. The van der Waals surface area contributed by atoms with E-state index in [0.29, 0.717) is 24.6 Å². The van der Waals surface area contributed by atoms with Crippen molar-refractivity contribution >= 4 is 17.0 Å². The molecule has 0 saturated carbocycles. The van der Waals surface area contributed by atoms with E-state index in [9.17, 15) is 14.3 Å². The molecule has 5 rings (SSSR count). The maximum absolute atomic E-state index is 14.2. The summed E-state index contributed by atoms with van der Waals surface area (Å²) in [5, 5.41) is 9.46. The van der Waals surface area contributed by atoms with Crippen LogP contribution in [0.25, 0.3) is 22.3 Å². The number of aromatic nitrogens is 3. The number of carboxylic acids is 1. The number of ether oxygens (including phenoxy) is 2. The van der Waals surface area contributed by atoms with Gasteiger partial charge in [0.1, 0.15) is 18.2 Å². The number of carbonyl (C=O) groups is 1. The molecule has 7 nitrogen and oxygen atoms in total. The van der Waals surface area contributed by atoms with Crippen molar-refractivity contribution in [2.45, 2.75) is 32.9 Å². The Morgan fingerprint density at radius 1 is 1.02 bits per heavy atom. The molecular weight excluding hydrogens is 509 g/mol. The van der Waals surface area contributed by atoms with E-state index < -0.39 is 5.97 Å². The van der Waals surface area contributed by atoms with Crippen LogP contribution in [0.15, 0.2) is 78.9 Å². The fraction of sp³-hybridized carbons (Fsp3) is 0.219. The maximum Gasteiger partial charge on any atom is 0.335 e. The third-order valence-electron chi connectivity index (χ3n) is 6.95. The molecule has 0 spiro atoms. The number of aryl methyl sites for hydroxylation is 1. The second-order valence-corrected chi connectivity index (χ2v) is 9.71. The van der Waals surface area contributed by atoms with E-state index in [4.69, 9.17) is 14.5 Å². The van der Waals surface area contributed by atoms with Crippen LogP contribution in [-0.4, -0.2) is 39.3 Å². The van der Waals surface area contributed by atoms with Gasteiger partial charge in [0.05, 0.1) is 28.9 Å². The molecule has 0 bridgehead atoms. The highest BCUT2D eigenvalue weighted by atomic mass is 19.1. The fourth-order valence-electron chi connectivity index (χ4n) is 4.69. The summed E-state index contributed by atoms with van der Waals surface area (Å²) in [6.45, 7) is 5.05. The number of aromatic carboxylic acids is 1. The van der Waals surface area contributed by atoms with Gasteiger partial charge in [-0.05, 0) is 48.4 Å². The summed E-state index contributed by atoms with van der Waals surface area (Å²) in [4.78, 5) is 21.0. The Balaban J connectivity index is 1.37. The van der Waals surface area contributed by atoms with Gasteiger partial charge in [-0.1, -0.05) is 49.4 Å². The van der Waals surface area contributed by atoms with Crippen LogP contribution in [0.5, 0.6) is 5.88 Å². The van der Waals surface area contributed by atoms with E-state index in [1.165, 1.54) is 6.07 Å². The lowest BCUT2D eigenvalue weighted by Crippen LogP contribution is -2.11. The monoisotopic (exact) mass is 539 g/mol. The Hall–Kier alpha value is -4.56. The van der Waals surface area contributed by atoms with E-state index in [0.717, 1.165) is 39.2 Å². The second-order valence-electron chi connectivity index (χ2n) is 9.71. The molecule has 1 atom stereocenters. The zero-order valence-electron chi connectivity index (χ0n) is 22.6. The smallest absolute Gasteiger partial charge is 0.335 e. The highest BCUT2D eigenvalue weighted by Crippen LogP contribution is 2.30.